The highest BCUT2D eigenvalue weighted by molar-refractivity contribution is 9.11. The van der Waals surface area contributed by atoms with Crippen molar-refractivity contribution in [3.8, 4) is 21.7 Å². The minimum Gasteiger partial charge on any atom is -0.363 e. The Morgan fingerprint density at radius 2 is 1.82 bits per heavy atom. The van der Waals surface area contributed by atoms with Gasteiger partial charge in [-0.1, -0.05) is 6.07 Å². The van der Waals surface area contributed by atoms with E-state index in [1.165, 1.54) is 36.6 Å². The molecule has 0 radical (unpaired) electrons. The van der Waals surface area contributed by atoms with Crippen molar-refractivity contribution in [1.29, 1.82) is 0 Å². The Bertz CT molecular complexity index is 1450. The Kier molecular flexibility index (Phi) is 7.03. The van der Waals surface area contributed by atoms with Crippen molar-refractivity contribution in [2.24, 2.45) is 0 Å². The minimum atomic E-state index is -4.73. The van der Waals surface area contributed by atoms with E-state index in [1.807, 2.05) is 0 Å². The molecule has 12 heteroatoms. The van der Waals surface area contributed by atoms with Crippen LogP contribution in [0.5, 0.6) is 0 Å². The molecule has 0 bridgehead atoms. The molecule has 0 unspecified atom stereocenters. The summed E-state index contributed by atoms with van der Waals surface area (Å²) in [5, 5.41) is 0. The second kappa shape index (κ2) is 9.82. The molecular weight excluding hydrogens is 555 g/mol. The van der Waals surface area contributed by atoms with Gasteiger partial charge in [0.2, 0.25) is 0 Å². The van der Waals surface area contributed by atoms with Crippen molar-refractivity contribution in [2.45, 2.75) is 4.90 Å². The van der Waals surface area contributed by atoms with Crippen LogP contribution in [0.2, 0.25) is 0 Å². The summed E-state index contributed by atoms with van der Waals surface area (Å²) >= 11 is 4.58. The van der Waals surface area contributed by atoms with Crippen molar-refractivity contribution in [2.75, 3.05) is 18.1 Å². The highest BCUT2D eigenvalue weighted by Gasteiger charge is 2.32. The summed E-state index contributed by atoms with van der Waals surface area (Å²) in [4.78, 5) is 8.04. The van der Waals surface area contributed by atoms with Gasteiger partial charge >= 0.3 is 0 Å². The van der Waals surface area contributed by atoms with Crippen LogP contribution in [-0.2, 0) is 14.8 Å². The van der Waals surface area contributed by atoms with E-state index >= 15 is 4.39 Å². The molecule has 0 saturated heterocycles. The second-order valence-corrected chi connectivity index (χ2v) is 11.0. The Morgan fingerprint density at radius 1 is 1.09 bits per heavy atom. The van der Waals surface area contributed by atoms with E-state index in [9.17, 15) is 17.2 Å². The zero-order valence-corrected chi connectivity index (χ0v) is 20.6. The molecule has 0 fully saturated rings. The summed E-state index contributed by atoms with van der Waals surface area (Å²) in [6.45, 7) is -0.642. The van der Waals surface area contributed by atoms with E-state index in [4.69, 9.17) is 4.74 Å². The number of aromatic nitrogens is 2. The topological polar surface area (TPSA) is 72.4 Å². The molecule has 0 spiro atoms. The number of sulfonamides is 1. The molecule has 2 aromatic carbocycles. The highest BCUT2D eigenvalue weighted by Crippen LogP contribution is 2.41. The number of hydrogen-bond donors (Lipinski definition) is 0. The number of benzene rings is 2. The lowest BCUT2D eigenvalue weighted by Crippen LogP contribution is -2.34. The molecule has 2 heterocycles. The van der Waals surface area contributed by atoms with E-state index in [0.717, 1.165) is 11.6 Å². The second-order valence-electron chi connectivity index (χ2n) is 6.87. The fourth-order valence-corrected chi connectivity index (χ4v) is 6.18. The number of nitrogens with zero attached hydrogens (tertiary/aromatic N) is 3. The van der Waals surface area contributed by atoms with Gasteiger partial charge in [-0.2, -0.15) is 0 Å². The van der Waals surface area contributed by atoms with Gasteiger partial charge in [-0.15, -0.1) is 11.3 Å². The summed E-state index contributed by atoms with van der Waals surface area (Å²) in [6, 6.07) is 9.58. The Hall–Kier alpha value is -2.80. The average Bonchev–Trinajstić information content (AvgIpc) is 3.21. The average molecular weight is 570 g/mol. The third kappa shape index (κ3) is 4.58. The van der Waals surface area contributed by atoms with Crippen LogP contribution < -0.4 is 4.31 Å². The third-order valence-corrected chi connectivity index (χ3v) is 8.06. The van der Waals surface area contributed by atoms with E-state index in [0.29, 0.717) is 25.2 Å². The van der Waals surface area contributed by atoms with E-state index in [2.05, 4.69) is 25.9 Å². The normalized spacial score (nSPS) is 11.6. The molecule has 0 N–H and O–H groups in total. The number of anilines is 1. The molecule has 2 aromatic heterocycles. The van der Waals surface area contributed by atoms with Crippen LogP contribution in [0.3, 0.4) is 0 Å². The maximum atomic E-state index is 15.9. The van der Waals surface area contributed by atoms with Crippen LogP contribution in [0.4, 0.5) is 18.9 Å². The van der Waals surface area contributed by atoms with Gasteiger partial charge in [-0.3, -0.25) is 4.98 Å². The number of pyridine rings is 1. The molecule has 0 amide bonds. The van der Waals surface area contributed by atoms with E-state index < -0.39 is 44.8 Å². The highest BCUT2D eigenvalue weighted by atomic mass is 79.9. The van der Waals surface area contributed by atoms with Gasteiger partial charge in [0.05, 0.1) is 16.3 Å². The SMILES string of the molecule is COCN(c1cccc(-c2nc(Br)sc2-c2ccncc2)c1F)S(=O)(=O)c1cc(F)ccc1F. The number of hydrogen-bond acceptors (Lipinski definition) is 6. The summed E-state index contributed by atoms with van der Waals surface area (Å²) in [6.07, 6.45) is 3.17. The predicted molar refractivity (Wildman–Crippen MR) is 126 cm³/mol. The minimum absolute atomic E-state index is 0.0160. The van der Waals surface area contributed by atoms with E-state index in [1.54, 1.807) is 24.5 Å². The summed E-state index contributed by atoms with van der Waals surface area (Å²) < 4.78 is 76.4. The Balaban J connectivity index is 1.88. The van der Waals surface area contributed by atoms with Gasteiger partial charge in [-0.25, -0.2) is 30.9 Å². The van der Waals surface area contributed by atoms with Crippen LogP contribution in [0.15, 0.2) is 69.7 Å². The molecule has 34 heavy (non-hydrogen) atoms. The first-order valence-corrected chi connectivity index (χ1v) is 12.6. The lowest BCUT2D eigenvalue weighted by Gasteiger charge is -2.25. The van der Waals surface area contributed by atoms with Crippen molar-refractivity contribution >= 4 is 43.0 Å². The molecule has 0 aliphatic heterocycles. The zero-order chi connectivity index (χ0) is 24.5. The first-order chi connectivity index (χ1) is 16.2. The zero-order valence-electron chi connectivity index (χ0n) is 17.4. The van der Waals surface area contributed by atoms with Crippen LogP contribution in [0.1, 0.15) is 0 Å². The first kappa shape index (κ1) is 24.3. The Labute approximate surface area is 205 Å². The molecule has 0 saturated carbocycles. The first-order valence-electron chi connectivity index (χ1n) is 9.56. The number of halogens is 4. The maximum absolute atomic E-state index is 15.9. The molecule has 6 nitrogen and oxygen atoms in total. The van der Waals surface area contributed by atoms with Crippen molar-refractivity contribution in [3.63, 3.8) is 0 Å². The number of ether oxygens (including phenoxy) is 1. The molecule has 0 atom stereocenters. The standard InChI is InChI=1S/C22H15BrF3N3O3S2/c1-32-12-29(34(30,31)18-11-14(24)5-6-16(18)25)17-4-2-3-15(19(17)26)20-21(33-22(23)28-20)13-7-9-27-10-8-13/h2-11H,12H2,1H3. The van der Waals surface area contributed by atoms with Crippen LogP contribution in [-0.4, -0.2) is 32.2 Å². The molecule has 176 valence electrons. The van der Waals surface area contributed by atoms with Crippen molar-refractivity contribution in [3.05, 3.63) is 82.3 Å². The smallest absolute Gasteiger partial charge is 0.269 e. The summed E-state index contributed by atoms with van der Waals surface area (Å²) in [7, 11) is -3.53. The summed E-state index contributed by atoms with van der Waals surface area (Å²) in [5.41, 5.74) is 0.616. The number of rotatable bonds is 7. The lowest BCUT2D eigenvalue weighted by atomic mass is 10.1. The Morgan fingerprint density at radius 3 is 2.53 bits per heavy atom. The van der Waals surface area contributed by atoms with Gasteiger partial charge in [0.25, 0.3) is 10.0 Å². The van der Waals surface area contributed by atoms with Gasteiger partial charge in [0.15, 0.2) is 9.73 Å². The third-order valence-electron chi connectivity index (χ3n) is 4.75. The molecule has 4 aromatic rings. The molecule has 0 aliphatic carbocycles. The van der Waals surface area contributed by atoms with Gasteiger partial charge in [-0.05, 0) is 64.0 Å². The quantitative estimate of drug-likeness (QED) is 0.261. The maximum Gasteiger partial charge on any atom is 0.269 e. The van der Waals surface area contributed by atoms with E-state index in [-0.39, 0.29) is 11.3 Å². The molecule has 0 aliphatic rings. The van der Waals surface area contributed by atoms with Gasteiger partial charge < -0.3 is 4.74 Å². The van der Waals surface area contributed by atoms with Crippen LogP contribution in [0.25, 0.3) is 21.7 Å². The fraction of sp³-hybridized carbons (Fsp3) is 0.0909. The van der Waals surface area contributed by atoms with Crippen molar-refractivity contribution < 1.29 is 26.3 Å². The lowest BCUT2D eigenvalue weighted by molar-refractivity contribution is 0.209. The monoisotopic (exact) mass is 569 g/mol. The van der Waals surface area contributed by atoms with Crippen molar-refractivity contribution in [1.82, 2.24) is 9.97 Å². The summed E-state index contributed by atoms with van der Waals surface area (Å²) in [5.74, 6) is -3.06. The number of thiazole rings is 1. The van der Waals surface area contributed by atoms with Crippen LogP contribution in [0, 0.1) is 17.5 Å². The van der Waals surface area contributed by atoms with Crippen LogP contribution >= 0.6 is 27.3 Å². The van der Waals surface area contributed by atoms with Gasteiger partial charge in [0, 0.05) is 25.1 Å². The predicted octanol–water partition coefficient (Wildman–Crippen LogP) is 5.85. The molecule has 4 rings (SSSR count). The molecular formula is C22H15BrF3N3O3S2. The fourth-order valence-electron chi connectivity index (χ4n) is 3.25. The van der Waals surface area contributed by atoms with Gasteiger partial charge in [0.1, 0.15) is 23.3 Å². The largest absolute Gasteiger partial charge is 0.363 e. The number of methoxy groups -OCH3 is 1.